The van der Waals surface area contributed by atoms with Gasteiger partial charge in [-0.25, -0.2) is 4.39 Å². The van der Waals surface area contributed by atoms with Crippen molar-refractivity contribution in [3.05, 3.63) is 77.4 Å². The van der Waals surface area contributed by atoms with Gasteiger partial charge in [-0.05, 0) is 42.7 Å². The van der Waals surface area contributed by atoms with E-state index in [2.05, 4.69) is 10.4 Å². The van der Waals surface area contributed by atoms with Gasteiger partial charge in [0.1, 0.15) is 29.9 Å². The minimum absolute atomic E-state index is 0.0860. The second-order valence-electron chi connectivity index (χ2n) is 8.23. The predicted molar refractivity (Wildman–Crippen MR) is 117 cm³/mol. The molecule has 8 heteroatoms. The normalized spacial score (nSPS) is 21.3. The molecule has 3 atom stereocenters. The number of hydrogen-bond acceptors (Lipinski definition) is 5. The van der Waals surface area contributed by atoms with E-state index in [1.165, 1.54) is 11.0 Å². The highest BCUT2D eigenvalue weighted by molar-refractivity contribution is 5.98. The number of halogens is 1. The first-order valence-electron chi connectivity index (χ1n) is 10.8. The van der Waals surface area contributed by atoms with Gasteiger partial charge in [0.25, 0.3) is 0 Å². The van der Waals surface area contributed by atoms with E-state index in [0.29, 0.717) is 29.2 Å². The number of carbonyl (C=O) groups excluding carboxylic acids is 1. The Hall–Kier alpha value is -3.23. The summed E-state index contributed by atoms with van der Waals surface area (Å²) in [5, 5.41) is 18.4. The van der Waals surface area contributed by atoms with E-state index < -0.39 is 12.3 Å². The molecule has 5 rings (SSSR count). The first kappa shape index (κ1) is 20.7. The number of aliphatic hydroxyl groups is 1. The van der Waals surface area contributed by atoms with Crippen LogP contribution in [0.2, 0.25) is 0 Å². The van der Waals surface area contributed by atoms with Crippen LogP contribution in [-0.2, 0) is 11.3 Å². The smallest absolute Gasteiger partial charge is 0.247 e. The average molecular weight is 436 g/mol. The van der Waals surface area contributed by atoms with Crippen LogP contribution in [0.3, 0.4) is 0 Å². The van der Waals surface area contributed by atoms with Gasteiger partial charge < -0.3 is 14.7 Å². The Kier molecular flexibility index (Phi) is 5.40. The van der Waals surface area contributed by atoms with Gasteiger partial charge in [0.2, 0.25) is 5.91 Å². The number of aromatic nitrogens is 2. The van der Waals surface area contributed by atoms with E-state index in [4.69, 9.17) is 4.74 Å². The number of rotatable bonds is 4. The lowest BCUT2D eigenvalue weighted by molar-refractivity contribution is -0.121. The topological polar surface area (TPSA) is 79.6 Å². The van der Waals surface area contributed by atoms with Gasteiger partial charge in [-0.2, -0.15) is 5.10 Å². The fourth-order valence-corrected chi connectivity index (χ4v) is 4.56. The Labute approximate surface area is 185 Å². The summed E-state index contributed by atoms with van der Waals surface area (Å²) in [5.41, 5.74) is 2.58. The lowest BCUT2D eigenvalue weighted by atomic mass is 9.88. The van der Waals surface area contributed by atoms with E-state index in [1.54, 1.807) is 25.2 Å². The maximum Gasteiger partial charge on any atom is 0.247 e. The second-order valence-corrected chi connectivity index (χ2v) is 8.23. The van der Waals surface area contributed by atoms with Gasteiger partial charge in [-0.15, -0.1) is 0 Å². The molecule has 0 aliphatic carbocycles. The quantitative estimate of drug-likeness (QED) is 0.615. The second kappa shape index (κ2) is 8.37. The molecule has 1 amide bonds. The van der Waals surface area contributed by atoms with E-state index in [-0.39, 0.29) is 24.2 Å². The minimum Gasteiger partial charge on any atom is -0.489 e. The number of carbonyl (C=O) groups is 1. The van der Waals surface area contributed by atoms with Crippen LogP contribution in [0.4, 0.5) is 10.1 Å². The number of nitrogens with one attached hydrogen (secondary N) is 1. The van der Waals surface area contributed by atoms with Gasteiger partial charge in [0.15, 0.2) is 6.23 Å². The number of aliphatic hydroxyl groups excluding tert-OH is 1. The number of ether oxygens (including phenoxy) is 1. The molecule has 2 aromatic carbocycles. The van der Waals surface area contributed by atoms with Crippen molar-refractivity contribution in [2.75, 3.05) is 18.6 Å². The summed E-state index contributed by atoms with van der Waals surface area (Å²) >= 11 is 0. The number of benzene rings is 2. The first-order chi connectivity index (χ1) is 15.5. The van der Waals surface area contributed by atoms with Crippen molar-refractivity contribution in [1.82, 2.24) is 15.1 Å². The summed E-state index contributed by atoms with van der Waals surface area (Å²) in [6.45, 7) is 0.791. The largest absolute Gasteiger partial charge is 0.489 e. The SMILES string of the molecule is CN1C(=O)[C@@H](NC(O)c2cc3n(n2)CCC[C@@H]3c2ccccc2F)COc2ccccc21. The number of nitrogens with zero attached hydrogens (tertiary/aromatic N) is 3. The molecule has 0 radical (unpaired) electrons. The van der Waals surface area contributed by atoms with Crippen molar-refractivity contribution in [2.45, 2.75) is 37.6 Å². The maximum absolute atomic E-state index is 14.4. The third kappa shape index (κ3) is 3.65. The molecule has 2 aliphatic heterocycles. The Morgan fingerprint density at radius 3 is 2.84 bits per heavy atom. The molecule has 7 nitrogen and oxygen atoms in total. The standard InChI is InChI=1S/C24H25FN4O3/c1-28-20-10-4-5-11-22(20)32-14-19(24(28)31)26-23(30)18-13-21-16(8-6-12-29(21)27-18)15-7-2-3-9-17(15)25/h2-5,7,9-11,13,16,19,23,26,30H,6,8,12,14H2,1H3/t16-,19+,23?/m1/s1. The number of hydrogen-bond donors (Lipinski definition) is 2. The van der Waals surface area contributed by atoms with Crippen molar-refractivity contribution in [1.29, 1.82) is 0 Å². The van der Waals surface area contributed by atoms with E-state index in [9.17, 15) is 14.3 Å². The zero-order valence-electron chi connectivity index (χ0n) is 17.7. The monoisotopic (exact) mass is 436 g/mol. The molecule has 2 N–H and O–H groups in total. The third-order valence-corrected chi connectivity index (χ3v) is 6.23. The van der Waals surface area contributed by atoms with Crippen LogP contribution in [0.5, 0.6) is 5.75 Å². The molecular weight excluding hydrogens is 411 g/mol. The zero-order chi connectivity index (χ0) is 22.2. The molecule has 1 aromatic heterocycles. The predicted octanol–water partition coefficient (Wildman–Crippen LogP) is 2.95. The van der Waals surface area contributed by atoms with E-state index in [0.717, 1.165) is 18.5 Å². The number of anilines is 1. The zero-order valence-corrected chi connectivity index (χ0v) is 17.7. The highest BCUT2D eigenvalue weighted by atomic mass is 19.1. The van der Waals surface area contributed by atoms with Gasteiger partial charge >= 0.3 is 0 Å². The molecule has 166 valence electrons. The van der Waals surface area contributed by atoms with E-state index >= 15 is 0 Å². The van der Waals surface area contributed by atoms with Crippen LogP contribution < -0.4 is 15.0 Å². The summed E-state index contributed by atoms with van der Waals surface area (Å²) < 4.78 is 22.1. The molecular formula is C24H25FN4O3. The number of amides is 1. The maximum atomic E-state index is 14.4. The van der Waals surface area contributed by atoms with Crippen molar-refractivity contribution in [3.8, 4) is 5.75 Å². The Bertz CT molecular complexity index is 1150. The highest BCUT2D eigenvalue weighted by Crippen LogP contribution is 2.36. The third-order valence-electron chi connectivity index (χ3n) is 6.23. The van der Waals surface area contributed by atoms with Crippen molar-refractivity contribution in [3.63, 3.8) is 0 Å². The molecule has 0 spiro atoms. The van der Waals surface area contributed by atoms with Gasteiger partial charge in [-0.1, -0.05) is 30.3 Å². The van der Waals surface area contributed by atoms with Gasteiger partial charge in [0, 0.05) is 25.2 Å². The lowest BCUT2D eigenvalue weighted by Gasteiger charge is -2.24. The van der Waals surface area contributed by atoms with Crippen molar-refractivity contribution < 1.29 is 19.0 Å². The average Bonchev–Trinajstić information content (AvgIpc) is 3.22. The van der Waals surface area contributed by atoms with Crippen LogP contribution >= 0.6 is 0 Å². The molecule has 1 unspecified atom stereocenters. The fraction of sp³-hybridized carbons (Fsp3) is 0.333. The van der Waals surface area contributed by atoms with Crippen LogP contribution in [0.15, 0.2) is 54.6 Å². The van der Waals surface area contributed by atoms with Gasteiger partial charge in [0.05, 0.1) is 5.69 Å². The molecule has 0 bridgehead atoms. The molecule has 2 aliphatic rings. The Balaban J connectivity index is 1.37. The molecule has 0 saturated heterocycles. The Morgan fingerprint density at radius 2 is 2.00 bits per heavy atom. The van der Waals surface area contributed by atoms with Gasteiger partial charge in [-0.3, -0.25) is 14.8 Å². The van der Waals surface area contributed by atoms with Crippen molar-refractivity contribution in [2.24, 2.45) is 0 Å². The van der Waals surface area contributed by atoms with Crippen LogP contribution in [0.25, 0.3) is 0 Å². The molecule has 3 aromatic rings. The number of fused-ring (bicyclic) bond motifs is 2. The summed E-state index contributed by atoms with van der Waals surface area (Å²) in [4.78, 5) is 14.5. The Morgan fingerprint density at radius 1 is 1.22 bits per heavy atom. The summed E-state index contributed by atoms with van der Waals surface area (Å²) in [6.07, 6.45) is 0.518. The molecule has 3 heterocycles. The van der Waals surface area contributed by atoms with Crippen LogP contribution in [0, 0.1) is 5.82 Å². The minimum atomic E-state index is -1.17. The van der Waals surface area contributed by atoms with Crippen molar-refractivity contribution >= 4 is 11.6 Å². The highest BCUT2D eigenvalue weighted by Gasteiger charge is 2.32. The fourth-order valence-electron chi connectivity index (χ4n) is 4.56. The van der Waals surface area contributed by atoms with E-state index in [1.807, 2.05) is 35.0 Å². The molecule has 0 saturated carbocycles. The van der Waals surface area contributed by atoms with Crippen LogP contribution in [-0.4, -0.2) is 40.5 Å². The molecule has 32 heavy (non-hydrogen) atoms. The number of aryl methyl sites for hydroxylation is 1. The molecule has 0 fully saturated rings. The number of likely N-dealkylation sites (N-methyl/N-ethyl adjacent to an activating group) is 1. The van der Waals surface area contributed by atoms with Crippen LogP contribution in [0.1, 0.15) is 41.9 Å². The summed E-state index contributed by atoms with van der Waals surface area (Å²) in [5.74, 6) is 0.0487. The first-order valence-corrected chi connectivity index (χ1v) is 10.8. The summed E-state index contributed by atoms with van der Waals surface area (Å²) in [7, 11) is 1.69. The summed E-state index contributed by atoms with van der Waals surface area (Å²) in [6, 6.07) is 15.1. The lowest BCUT2D eigenvalue weighted by Crippen LogP contribution is -2.48. The number of para-hydroxylation sites is 2.